The van der Waals surface area contributed by atoms with Gasteiger partial charge in [0, 0.05) is 23.9 Å². The molecule has 0 saturated heterocycles. The number of rotatable bonds is 6. The molecule has 0 aliphatic carbocycles. The van der Waals surface area contributed by atoms with Crippen LogP contribution in [0.3, 0.4) is 0 Å². The highest BCUT2D eigenvalue weighted by molar-refractivity contribution is 7.98. The highest BCUT2D eigenvalue weighted by atomic mass is 32.2. The second kappa shape index (κ2) is 7.62. The third-order valence-corrected chi connectivity index (χ3v) is 4.12. The predicted molar refractivity (Wildman–Crippen MR) is 84.1 cm³/mol. The van der Waals surface area contributed by atoms with Crippen LogP contribution >= 0.6 is 11.8 Å². The first-order chi connectivity index (χ1) is 9.35. The standard InChI is InChI=1S/C15H25N3OS/c1-9(2)10(3)16-14(19)8-7-13-11(4)17-15(20-6)18-12(13)5/h9-10H,7-8H2,1-6H3,(H,16,19)/t10-/m0/s1. The molecular formula is C15H25N3OS. The van der Waals surface area contributed by atoms with Crippen LogP contribution in [0.25, 0.3) is 0 Å². The maximum Gasteiger partial charge on any atom is 0.220 e. The van der Waals surface area contributed by atoms with Crippen LogP contribution in [0.4, 0.5) is 0 Å². The van der Waals surface area contributed by atoms with E-state index in [1.165, 1.54) is 0 Å². The molecular weight excluding hydrogens is 270 g/mol. The first kappa shape index (κ1) is 17.0. The Morgan fingerprint density at radius 3 is 2.20 bits per heavy atom. The molecule has 1 aromatic rings. The smallest absolute Gasteiger partial charge is 0.220 e. The van der Waals surface area contributed by atoms with Crippen LogP contribution in [0.15, 0.2) is 5.16 Å². The number of nitrogens with zero attached hydrogens (tertiary/aromatic N) is 2. The van der Waals surface area contributed by atoms with E-state index in [4.69, 9.17) is 0 Å². The number of carbonyl (C=O) groups excluding carboxylic acids is 1. The SMILES string of the molecule is CSc1nc(C)c(CCC(=O)N[C@@H](C)C(C)C)c(C)n1. The molecule has 1 amide bonds. The van der Waals surface area contributed by atoms with E-state index >= 15 is 0 Å². The highest BCUT2D eigenvalue weighted by Crippen LogP contribution is 2.17. The van der Waals surface area contributed by atoms with Gasteiger partial charge in [0.1, 0.15) is 0 Å². The minimum Gasteiger partial charge on any atom is -0.353 e. The molecule has 1 aromatic heterocycles. The largest absolute Gasteiger partial charge is 0.353 e. The van der Waals surface area contributed by atoms with Gasteiger partial charge < -0.3 is 5.32 Å². The quantitative estimate of drug-likeness (QED) is 0.647. The van der Waals surface area contributed by atoms with E-state index in [9.17, 15) is 4.79 Å². The van der Waals surface area contributed by atoms with Gasteiger partial charge in [-0.05, 0) is 44.9 Å². The molecule has 1 rings (SSSR count). The fourth-order valence-electron chi connectivity index (χ4n) is 1.89. The van der Waals surface area contributed by atoms with Crippen LogP contribution in [-0.2, 0) is 11.2 Å². The average molecular weight is 295 g/mol. The summed E-state index contributed by atoms with van der Waals surface area (Å²) in [6.07, 6.45) is 3.15. The number of amides is 1. The summed E-state index contributed by atoms with van der Waals surface area (Å²) in [7, 11) is 0. The normalized spacial score (nSPS) is 12.6. The van der Waals surface area contributed by atoms with E-state index in [0.717, 1.165) is 22.1 Å². The first-order valence-electron chi connectivity index (χ1n) is 7.02. The lowest BCUT2D eigenvalue weighted by Crippen LogP contribution is -2.36. The molecule has 0 saturated carbocycles. The van der Waals surface area contributed by atoms with Crippen LogP contribution < -0.4 is 5.32 Å². The molecule has 0 aliphatic rings. The zero-order valence-corrected chi connectivity index (χ0v) is 14.1. The number of thioether (sulfide) groups is 1. The minimum atomic E-state index is 0.0962. The maximum absolute atomic E-state index is 11.9. The lowest BCUT2D eigenvalue weighted by molar-refractivity contribution is -0.121. The van der Waals surface area contributed by atoms with Gasteiger partial charge in [0.2, 0.25) is 5.91 Å². The second-order valence-corrected chi connectivity index (χ2v) is 6.23. The van der Waals surface area contributed by atoms with E-state index in [1.54, 1.807) is 11.8 Å². The van der Waals surface area contributed by atoms with Crippen molar-refractivity contribution in [1.82, 2.24) is 15.3 Å². The third kappa shape index (κ3) is 4.78. The van der Waals surface area contributed by atoms with Crippen LogP contribution in [-0.4, -0.2) is 28.2 Å². The van der Waals surface area contributed by atoms with Crippen molar-refractivity contribution in [3.8, 4) is 0 Å². The van der Waals surface area contributed by atoms with Gasteiger partial charge in [-0.25, -0.2) is 9.97 Å². The summed E-state index contributed by atoms with van der Waals surface area (Å²) in [5.41, 5.74) is 3.05. The maximum atomic E-state index is 11.9. The van der Waals surface area contributed by atoms with Crippen molar-refractivity contribution in [2.24, 2.45) is 5.92 Å². The molecule has 0 unspecified atom stereocenters. The van der Waals surface area contributed by atoms with Gasteiger partial charge in [-0.15, -0.1) is 0 Å². The van der Waals surface area contributed by atoms with Crippen molar-refractivity contribution < 1.29 is 4.79 Å². The topological polar surface area (TPSA) is 54.9 Å². The van der Waals surface area contributed by atoms with Crippen molar-refractivity contribution in [3.63, 3.8) is 0 Å². The van der Waals surface area contributed by atoms with Gasteiger partial charge in [-0.3, -0.25) is 4.79 Å². The zero-order chi connectivity index (χ0) is 15.3. The molecule has 0 aliphatic heterocycles. The van der Waals surface area contributed by atoms with Gasteiger partial charge in [0.15, 0.2) is 5.16 Å². The summed E-state index contributed by atoms with van der Waals surface area (Å²) in [5.74, 6) is 0.547. The Bertz CT molecular complexity index is 451. The number of hydrogen-bond acceptors (Lipinski definition) is 4. The summed E-state index contributed by atoms with van der Waals surface area (Å²) in [6, 6.07) is 0.208. The fraction of sp³-hybridized carbons (Fsp3) is 0.667. The molecule has 0 fully saturated rings. The lowest BCUT2D eigenvalue weighted by atomic mass is 10.0. The molecule has 20 heavy (non-hydrogen) atoms. The van der Waals surface area contributed by atoms with E-state index in [0.29, 0.717) is 18.8 Å². The Balaban J connectivity index is 2.64. The molecule has 0 aromatic carbocycles. The van der Waals surface area contributed by atoms with Gasteiger partial charge in [-0.1, -0.05) is 25.6 Å². The molecule has 5 heteroatoms. The Kier molecular flexibility index (Phi) is 6.46. The molecule has 1 heterocycles. The van der Waals surface area contributed by atoms with Crippen molar-refractivity contribution in [3.05, 3.63) is 17.0 Å². The molecule has 1 atom stereocenters. The number of aromatic nitrogens is 2. The summed E-state index contributed by atoms with van der Waals surface area (Å²) in [6.45, 7) is 10.2. The number of hydrogen-bond donors (Lipinski definition) is 1. The van der Waals surface area contributed by atoms with Crippen molar-refractivity contribution in [2.45, 2.75) is 58.7 Å². The summed E-state index contributed by atoms with van der Waals surface area (Å²) in [5, 5.41) is 3.82. The van der Waals surface area contributed by atoms with Gasteiger partial charge in [-0.2, -0.15) is 0 Å². The van der Waals surface area contributed by atoms with Gasteiger partial charge in [0.05, 0.1) is 0 Å². The number of nitrogens with one attached hydrogen (secondary N) is 1. The van der Waals surface area contributed by atoms with Crippen molar-refractivity contribution >= 4 is 17.7 Å². The van der Waals surface area contributed by atoms with Crippen LogP contribution in [0.5, 0.6) is 0 Å². The predicted octanol–water partition coefficient (Wildman–Crippen LogP) is 2.91. The van der Waals surface area contributed by atoms with E-state index in [1.807, 2.05) is 27.0 Å². The molecule has 1 N–H and O–H groups in total. The Labute approximate surface area is 126 Å². The zero-order valence-electron chi connectivity index (χ0n) is 13.3. The molecule has 112 valence electrons. The molecule has 0 radical (unpaired) electrons. The Morgan fingerprint density at radius 2 is 1.75 bits per heavy atom. The monoisotopic (exact) mass is 295 g/mol. The fourth-order valence-corrected chi connectivity index (χ4v) is 2.35. The average Bonchev–Trinajstić information content (AvgIpc) is 2.37. The highest BCUT2D eigenvalue weighted by Gasteiger charge is 2.13. The van der Waals surface area contributed by atoms with Crippen LogP contribution in [0, 0.1) is 19.8 Å². The summed E-state index contributed by atoms with van der Waals surface area (Å²) >= 11 is 1.54. The van der Waals surface area contributed by atoms with Crippen molar-refractivity contribution in [1.29, 1.82) is 0 Å². The minimum absolute atomic E-state index is 0.0962. The van der Waals surface area contributed by atoms with Crippen LogP contribution in [0.1, 0.15) is 44.1 Å². The van der Waals surface area contributed by atoms with E-state index < -0.39 is 0 Å². The van der Waals surface area contributed by atoms with E-state index in [-0.39, 0.29) is 11.9 Å². The summed E-state index contributed by atoms with van der Waals surface area (Å²) < 4.78 is 0. The third-order valence-electron chi connectivity index (χ3n) is 3.57. The number of carbonyl (C=O) groups is 1. The lowest BCUT2D eigenvalue weighted by Gasteiger charge is -2.17. The summed E-state index contributed by atoms with van der Waals surface area (Å²) in [4.78, 5) is 20.8. The van der Waals surface area contributed by atoms with Crippen LogP contribution in [0.2, 0.25) is 0 Å². The van der Waals surface area contributed by atoms with Crippen molar-refractivity contribution in [2.75, 3.05) is 6.26 Å². The molecule has 0 spiro atoms. The first-order valence-corrected chi connectivity index (χ1v) is 8.25. The second-order valence-electron chi connectivity index (χ2n) is 5.46. The number of aryl methyl sites for hydroxylation is 2. The Morgan fingerprint density at radius 1 is 1.20 bits per heavy atom. The molecule has 0 bridgehead atoms. The van der Waals surface area contributed by atoms with E-state index in [2.05, 4.69) is 29.1 Å². The van der Waals surface area contributed by atoms with Gasteiger partial charge in [0.25, 0.3) is 0 Å². The van der Waals surface area contributed by atoms with Gasteiger partial charge >= 0.3 is 0 Å². The Hall–Kier alpha value is -1.10. The molecule has 4 nitrogen and oxygen atoms in total.